The van der Waals surface area contributed by atoms with Crippen molar-refractivity contribution in [3.8, 4) is 0 Å². The third-order valence-corrected chi connectivity index (χ3v) is 5.70. The lowest BCUT2D eigenvalue weighted by molar-refractivity contribution is -0.00386. The predicted octanol–water partition coefficient (Wildman–Crippen LogP) is 4.07. The Bertz CT molecular complexity index is 934. The van der Waals surface area contributed by atoms with Crippen LogP contribution in [-0.4, -0.2) is 40.5 Å². The molecule has 0 aromatic heterocycles. The molecule has 0 unspecified atom stereocenters. The van der Waals surface area contributed by atoms with Crippen LogP contribution in [0.1, 0.15) is 74.8 Å². The highest BCUT2D eigenvalue weighted by Gasteiger charge is 2.41. The maximum Gasteiger partial charge on any atom is 0.335 e. The summed E-state index contributed by atoms with van der Waals surface area (Å²) in [6, 6.07) is 12.9. The van der Waals surface area contributed by atoms with Crippen molar-refractivity contribution >= 4 is 17.8 Å². The fourth-order valence-corrected chi connectivity index (χ4v) is 4.13. The number of rotatable bonds is 6. The fraction of sp³-hybridized carbons (Fsp3) is 0.348. The van der Waals surface area contributed by atoms with E-state index in [0.717, 1.165) is 31.2 Å². The summed E-state index contributed by atoms with van der Waals surface area (Å²) in [5.74, 6) is -2.02. The number of ether oxygens (including phenoxy) is 1. The topological polar surface area (TPSA) is 83.9 Å². The van der Waals surface area contributed by atoms with Gasteiger partial charge in [0.25, 0.3) is 11.8 Å². The molecule has 4 rings (SSSR count). The van der Waals surface area contributed by atoms with E-state index in [1.807, 2.05) is 30.3 Å². The molecule has 0 saturated heterocycles. The lowest BCUT2D eigenvalue weighted by Crippen LogP contribution is -2.37. The third kappa shape index (κ3) is 3.80. The number of carboxylic acids is 1. The number of carbonyl (C=O) groups is 3. The van der Waals surface area contributed by atoms with Crippen LogP contribution >= 0.6 is 0 Å². The van der Waals surface area contributed by atoms with Crippen molar-refractivity contribution in [1.29, 1.82) is 0 Å². The first kappa shape index (κ1) is 19.3. The number of nitrogens with zero attached hydrogens (tertiary/aromatic N) is 1. The SMILES string of the molecule is O=C(O)c1ccc2c(c1)C(=O)N([C@@H](COC1CCCCC1)c1ccccc1)C2=O. The number of aromatic carboxylic acids is 1. The average molecular weight is 393 g/mol. The maximum absolute atomic E-state index is 13.1. The summed E-state index contributed by atoms with van der Waals surface area (Å²) in [5, 5.41) is 9.22. The van der Waals surface area contributed by atoms with Crippen LogP contribution in [0.3, 0.4) is 0 Å². The second-order valence-corrected chi connectivity index (χ2v) is 7.57. The summed E-state index contributed by atoms with van der Waals surface area (Å²) in [7, 11) is 0. The van der Waals surface area contributed by atoms with Gasteiger partial charge in [-0.3, -0.25) is 14.5 Å². The molecule has 2 aromatic carbocycles. The van der Waals surface area contributed by atoms with Crippen molar-refractivity contribution in [3.63, 3.8) is 0 Å². The van der Waals surface area contributed by atoms with Crippen molar-refractivity contribution in [1.82, 2.24) is 4.90 Å². The number of benzene rings is 2. The van der Waals surface area contributed by atoms with E-state index in [2.05, 4.69) is 0 Å². The van der Waals surface area contributed by atoms with Gasteiger partial charge in [-0.15, -0.1) is 0 Å². The first-order valence-electron chi connectivity index (χ1n) is 9.98. The first-order chi connectivity index (χ1) is 14.1. The minimum Gasteiger partial charge on any atom is -0.478 e. The summed E-state index contributed by atoms with van der Waals surface area (Å²) < 4.78 is 6.13. The maximum atomic E-state index is 13.1. The van der Waals surface area contributed by atoms with E-state index in [1.54, 1.807) is 0 Å². The van der Waals surface area contributed by atoms with E-state index in [9.17, 15) is 19.5 Å². The monoisotopic (exact) mass is 393 g/mol. The lowest BCUT2D eigenvalue weighted by atomic mass is 9.97. The highest BCUT2D eigenvalue weighted by Crippen LogP contribution is 2.33. The molecule has 1 aliphatic heterocycles. The molecule has 0 spiro atoms. The quantitative estimate of drug-likeness (QED) is 0.748. The molecule has 1 N–H and O–H groups in total. The molecule has 6 heteroatoms. The molecule has 0 radical (unpaired) electrons. The van der Waals surface area contributed by atoms with Crippen LogP contribution < -0.4 is 0 Å². The largest absolute Gasteiger partial charge is 0.478 e. The molecule has 2 aromatic rings. The Morgan fingerprint density at radius 2 is 1.69 bits per heavy atom. The average Bonchev–Trinajstić information content (AvgIpc) is 3.00. The summed E-state index contributed by atoms with van der Waals surface area (Å²) >= 11 is 0. The van der Waals surface area contributed by atoms with Crippen molar-refractivity contribution < 1.29 is 24.2 Å². The smallest absolute Gasteiger partial charge is 0.335 e. The summed E-state index contributed by atoms with van der Waals surface area (Å²) in [6.07, 6.45) is 5.60. The van der Waals surface area contributed by atoms with Crippen LogP contribution in [0.4, 0.5) is 0 Å². The fourth-order valence-electron chi connectivity index (χ4n) is 4.13. The predicted molar refractivity (Wildman–Crippen MR) is 106 cm³/mol. The van der Waals surface area contributed by atoms with E-state index in [-0.39, 0.29) is 29.4 Å². The Morgan fingerprint density at radius 3 is 2.38 bits per heavy atom. The van der Waals surface area contributed by atoms with E-state index in [1.165, 1.54) is 29.5 Å². The molecule has 2 aliphatic rings. The Kier molecular flexibility index (Phi) is 5.45. The Hall–Kier alpha value is -2.99. The zero-order valence-electron chi connectivity index (χ0n) is 16.0. The minimum atomic E-state index is -1.13. The van der Waals surface area contributed by atoms with Crippen LogP contribution in [-0.2, 0) is 4.74 Å². The van der Waals surface area contributed by atoms with Gasteiger partial charge in [-0.1, -0.05) is 49.6 Å². The van der Waals surface area contributed by atoms with Gasteiger partial charge in [0.2, 0.25) is 0 Å². The van der Waals surface area contributed by atoms with Crippen LogP contribution in [0.5, 0.6) is 0 Å². The van der Waals surface area contributed by atoms with Crippen molar-refractivity contribution in [2.24, 2.45) is 0 Å². The van der Waals surface area contributed by atoms with E-state index in [4.69, 9.17) is 4.74 Å². The first-order valence-corrected chi connectivity index (χ1v) is 9.98. The van der Waals surface area contributed by atoms with Crippen LogP contribution in [0.2, 0.25) is 0 Å². The number of carbonyl (C=O) groups excluding carboxylic acids is 2. The molecular formula is C23H23NO5. The van der Waals surface area contributed by atoms with Gasteiger partial charge < -0.3 is 9.84 Å². The number of fused-ring (bicyclic) bond motifs is 1. The highest BCUT2D eigenvalue weighted by molar-refractivity contribution is 6.22. The van der Waals surface area contributed by atoms with Gasteiger partial charge in [-0.2, -0.15) is 0 Å². The molecular weight excluding hydrogens is 370 g/mol. The van der Waals surface area contributed by atoms with Crippen molar-refractivity contribution in [2.45, 2.75) is 44.2 Å². The zero-order chi connectivity index (χ0) is 20.4. The lowest BCUT2D eigenvalue weighted by Gasteiger charge is -2.30. The third-order valence-electron chi connectivity index (χ3n) is 5.70. The highest BCUT2D eigenvalue weighted by atomic mass is 16.5. The Balaban J connectivity index is 1.64. The summed E-state index contributed by atoms with van der Waals surface area (Å²) in [4.78, 5) is 38.7. The minimum absolute atomic E-state index is 0.0125. The van der Waals surface area contributed by atoms with Gasteiger partial charge in [0.15, 0.2) is 0 Å². The van der Waals surface area contributed by atoms with Crippen LogP contribution in [0.25, 0.3) is 0 Å². The number of carboxylic acid groups (broad SMARTS) is 1. The van der Waals surface area contributed by atoms with Crippen LogP contribution in [0, 0.1) is 0 Å². The van der Waals surface area contributed by atoms with Crippen LogP contribution in [0.15, 0.2) is 48.5 Å². The van der Waals surface area contributed by atoms with Crippen molar-refractivity contribution in [2.75, 3.05) is 6.61 Å². The molecule has 1 atom stereocenters. The van der Waals surface area contributed by atoms with E-state index in [0.29, 0.717) is 0 Å². The molecule has 1 aliphatic carbocycles. The molecule has 1 heterocycles. The van der Waals surface area contributed by atoms with Gasteiger partial charge in [0, 0.05) is 0 Å². The standard InChI is InChI=1S/C23H23NO5/c25-21-18-12-11-16(23(27)28)13-19(18)22(26)24(21)20(15-7-3-1-4-8-15)14-29-17-9-5-2-6-10-17/h1,3-4,7-8,11-13,17,20H,2,5-6,9-10,14H2,(H,27,28)/t20-/m0/s1. The van der Waals surface area contributed by atoms with Crippen molar-refractivity contribution in [3.05, 3.63) is 70.8 Å². The Labute approximate surface area is 169 Å². The second-order valence-electron chi connectivity index (χ2n) is 7.57. The Morgan fingerprint density at radius 1 is 1.00 bits per heavy atom. The molecule has 1 fully saturated rings. The number of imide groups is 1. The zero-order valence-corrected chi connectivity index (χ0v) is 16.0. The molecule has 29 heavy (non-hydrogen) atoms. The molecule has 150 valence electrons. The van der Waals surface area contributed by atoms with E-state index < -0.39 is 23.8 Å². The summed E-state index contributed by atoms with van der Waals surface area (Å²) in [6.45, 7) is 0.228. The molecule has 1 saturated carbocycles. The normalized spacial score (nSPS) is 18.0. The number of hydrogen-bond acceptors (Lipinski definition) is 4. The second kappa shape index (κ2) is 8.17. The van der Waals surface area contributed by atoms with Gasteiger partial charge >= 0.3 is 5.97 Å². The van der Waals surface area contributed by atoms with E-state index >= 15 is 0 Å². The molecule has 0 bridgehead atoms. The van der Waals surface area contributed by atoms with Gasteiger partial charge in [0.05, 0.1) is 35.4 Å². The van der Waals surface area contributed by atoms with Gasteiger partial charge in [-0.05, 0) is 36.6 Å². The number of amides is 2. The van der Waals surface area contributed by atoms with Gasteiger partial charge in [-0.25, -0.2) is 4.79 Å². The number of hydrogen-bond donors (Lipinski definition) is 1. The molecule has 6 nitrogen and oxygen atoms in total. The molecule has 2 amide bonds. The summed E-state index contributed by atoms with van der Waals surface area (Å²) in [5.41, 5.74) is 1.17. The van der Waals surface area contributed by atoms with Gasteiger partial charge in [0.1, 0.15) is 0 Å².